The molecule has 1 aliphatic rings. The molecule has 0 radical (unpaired) electrons. The topological polar surface area (TPSA) is 21.6 Å². The van der Waals surface area contributed by atoms with Crippen LogP contribution in [0.1, 0.15) is 6.92 Å². The first-order valence-electron chi connectivity index (χ1n) is 2.12. The Labute approximate surface area is 47.1 Å². The molecule has 0 fully saturated rings. The average Bonchev–Trinajstić information content (AvgIpc) is 1.91. The minimum atomic E-state index is -0.167. The predicted octanol–water partition coefficient (Wildman–Crippen LogP) is 0.998. The number of hydrogen-bond acceptors (Lipinski definition) is 2. The second-order valence-corrected chi connectivity index (χ2v) is 1.92. The van der Waals surface area contributed by atoms with E-state index in [0.29, 0.717) is 0 Å². The Morgan fingerprint density at radius 1 is 1.86 bits per heavy atom. The molecule has 0 aromatic heterocycles. The Bertz CT molecular complexity index is 93.7. The molecule has 1 aliphatic heterocycles. The normalized spacial score (nSPS) is 38.6. The number of alkyl halides is 1. The average molecular weight is 120 g/mol. The van der Waals surface area contributed by atoms with Gasteiger partial charge in [-0.1, -0.05) is 11.6 Å². The second kappa shape index (κ2) is 1.70. The van der Waals surface area contributed by atoms with Gasteiger partial charge in [0.1, 0.15) is 6.10 Å². The zero-order valence-electron chi connectivity index (χ0n) is 3.97. The van der Waals surface area contributed by atoms with Gasteiger partial charge in [-0.2, -0.15) is 0 Å². The molecule has 7 heavy (non-hydrogen) atoms. The molecule has 1 rings (SSSR count). The largest absolute Gasteiger partial charge is 0.477 e. The highest BCUT2D eigenvalue weighted by atomic mass is 35.5. The molecule has 0 bridgehead atoms. The summed E-state index contributed by atoms with van der Waals surface area (Å²) in [6.45, 7) is 1.88. The summed E-state index contributed by atoms with van der Waals surface area (Å²) >= 11 is 5.54. The van der Waals surface area contributed by atoms with Gasteiger partial charge in [0, 0.05) is 0 Å². The summed E-state index contributed by atoms with van der Waals surface area (Å²) in [5.74, 6) is 0. The molecule has 0 amide bonds. The van der Waals surface area contributed by atoms with Crippen molar-refractivity contribution in [2.75, 3.05) is 0 Å². The Hall–Kier alpha value is -0.240. The first kappa shape index (κ1) is 4.91. The van der Waals surface area contributed by atoms with Crippen LogP contribution in [0.4, 0.5) is 0 Å². The van der Waals surface area contributed by atoms with Gasteiger partial charge >= 0.3 is 0 Å². The summed E-state index contributed by atoms with van der Waals surface area (Å²) in [5, 5.41) is 0. The quantitative estimate of drug-likeness (QED) is 0.344. The van der Waals surface area contributed by atoms with Crippen molar-refractivity contribution < 1.29 is 4.74 Å². The van der Waals surface area contributed by atoms with E-state index in [2.05, 4.69) is 4.99 Å². The first-order chi connectivity index (χ1) is 3.30. The van der Waals surface area contributed by atoms with Crippen molar-refractivity contribution in [3.05, 3.63) is 0 Å². The lowest BCUT2D eigenvalue weighted by atomic mass is 10.4. The smallest absolute Gasteiger partial charge is 0.171 e. The van der Waals surface area contributed by atoms with E-state index in [0.717, 1.165) is 0 Å². The SMILES string of the molecule is CC1OC=NC1Cl. The van der Waals surface area contributed by atoms with Crippen molar-refractivity contribution in [3.63, 3.8) is 0 Å². The van der Waals surface area contributed by atoms with Crippen LogP contribution in [0.2, 0.25) is 0 Å². The molecule has 2 nitrogen and oxygen atoms in total. The van der Waals surface area contributed by atoms with E-state index in [-0.39, 0.29) is 11.6 Å². The fourth-order valence-electron chi connectivity index (χ4n) is 0.375. The van der Waals surface area contributed by atoms with Crippen LogP contribution in [0.25, 0.3) is 0 Å². The molecule has 0 aromatic rings. The number of halogens is 1. The summed E-state index contributed by atoms with van der Waals surface area (Å²) < 4.78 is 4.84. The van der Waals surface area contributed by atoms with Crippen molar-refractivity contribution in [1.29, 1.82) is 0 Å². The predicted molar refractivity (Wildman–Crippen MR) is 28.7 cm³/mol. The van der Waals surface area contributed by atoms with Crippen molar-refractivity contribution in [3.8, 4) is 0 Å². The van der Waals surface area contributed by atoms with Gasteiger partial charge in [0.05, 0.1) is 0 Å². The van der Waals surface area contributed by atoms with E-state index in [1.165, 1.54) is 6.40 Å². The molecule has 0 saturated heterocycles. The van der Waals surface area contributed by atoms with E-state index in [1.807, 2.05) is 6.92 Å². The maximum absolute atomic E-state index is 5.54. The highest BCUT2D eigenvalue weighted by Gasteiger charge is 2.16. The van der Waals surface area contributed by atoms with Crippen LogP contribution in [0.5, 0.6) is 0 Å². The molecule has 1 heterocycles. The summed E-state index contributed by atoms with van der Waals surface area (Å²) in [5.41, 5.74) is -0.167. The molecule has 0 N–H and O–H groups in total. The van der Waals surface area contributed by atoms with E-state index < -0.39 is 0 Å². The monoisotopic (exact) mass is 119 g/mol. The third-order valence-electron chi connectivity index (χ3n) is 0.866. The highest BCUT2D eigenvalue weighted by molar-refractivity contribution is 6.21. The number of aliphatic imine (C=N–C) groups is 1. The zero-order valence-corrected chi connectivity index (χ0v) is 4.72. The molecule has 40 valence electrons. The lowest BCUT2D eigenvalue weighted by Crippen LogP contribution is -2.10. The molecule has 0 aliphatic carbocycles. The summed E-state index contributed by atoms with van der Waals surface area (Å²) in [4.78, 5) is 3.74. The standard InChI is InChI=1S/C4H6ClNO/c1-3-4(5)6-2-7-3/h2-4H,1H3. The fraction of sp³-hybridized carbons (Fsp3) is 0.750. The third kappa shape index (κ3) is 0.855. The van der Waals surface area contributed by atoms with Gasteiger partial charge < -0.3 is 4.74 Å². The van der Waals surface area contributed by atoms with Gasteiger partial charge in [-0.05, 0) is 6.92 Å². The molecule has 0 saturated carbocycles. The molecule has 0 aromatic carbocycles. The lowest BCUT2D eigenvalue weighted by molar-refractivity contribution is 0.245. The Kier molecular flexibility index (Phi) is 1.19. The molecule has 2 atom stereocenters. The minimum absolute atomic E-state index is 0.0571. The number of hydrogen-bond donors (Lipinski definition) is 0. The van der Waals surface area contributed by atoms with Crippen LogP contribution in [0, 0.1) is 0 Å². The van der Waals surface area contributed by atoms with E-state index in [9.17, 15) is 0 Å². The molecule has 3 heteroatoms. The highest BCUT2D eigenvalue weighted by Crippen LogP contribution is 2.11. The van der Waals surface area contributed by atoms with Gasteiger partial charge in [-0.15, -0.1) is 0 Å². The summed E-state index contributed by atoms with van der Waals surface area (Å²) in [6, 6.07) is 0. The Morgan fingerprint density at radius 2 is 2.57 bits per heavy atom. The molecular weight excluding hydrogens is 114 g/mol. The Morgan fingerprint density at radius 3 is 2.71 bits per heavy atom. The van der Waals surface area contributed by atoms with Crippen molar-refractivity contribution in [2.24, 2.45) is 4.99 Å². The van der Waals surface area contributed by atoms with Crippen LogP contribution in [-0.2, 0) is 4.74 Å². The van der Waals surface area contributed by atoms with Crippen molar-refractivity contribution in [2.45, 2.75) is 18.5 Å². The van der Waals surface area contributed by atoms with Gasteiger partial charge in [-0.25, -0.2) is 4.99 Å². The second-order valence-electron chi connectivity index (χ2n) is 1.47. The molecule has 2 unspecified atom stereocenters. The first-order valence-corrected chi connectivity index (χ1v) is 2.55. The van der Waals surface area contributed by atoms with Crippen molar-refractivity contribution in [1.82, 2.24) is 0 Å². The van der Waals surface area contributed by atoms with Crippen LogP contribution >= 0.6 is 11.6 Å². The maximum Gasteiger partial charge on any atom is 0.171 e. The van der Waals surface area contributed by atoms with E-state index >= 15 is 0 Å². The van der Waals surface area contributed by atoms with Crippen molar-refractivity contribution >= 4 is 18.0 Å². The van der Waals surface area contributed by atoms with Gasteiger partial charge in [-0.3, -0.25) is 0 Å². The number of nitrogens with zero attached hydrogens (tertiary/aromatic N) is 1. The maximum atomic E-state index is 5.54. The fourth-order valence-corrected chi connectivity index (χ4v) is 0.481. The summed E-state index contributed by atoms with van der Waals surface area (Å²) in [7, 11) is 0. The lowest BCUT2D eigenvalue weighted by Gasteiger charge is -2.01. The van der Waals surface area contributed by atoms with Crippen LogP contribution in [0.15, 0.2) is 4.99 Å². The summed E-state index contributed by atoms with van der Waals surface area (Å²) in [6.07, 6.45) is 1.45. The zero-order chi connectivity index (χ0) is 5.28. The third-order valence-corrected chi connectivity index (χ3v) is 1.33. The van der Waals surface area contributed by atoms with E-state index in [1.54, 1.807) is 0 Å². The van der Waals surface area contributed by atoms with Crippen LogP contribution < -0.4 is 0 Å². The Balaban J connectivity index is 2.45. The number of rotatable bonds is 0. The van der Waals surface area contributed by atoms with E-state index in [4.69, 9.17) is 16.3 Å². The molecular formula is C4H6ClNO. The molecule has 0 spiro atoms. The van der Waals surface area contributed by atoms with Crippen LogP contribution in [0.3, 0.4) is 0 Å². The van der Waals surface area contributed by atoms with Crippen LogP contribution in [-0.4, -0.2) is 18.0 Å². The number of ether oxygens (including phenoxy) is 1. The minimum Gasteiger partial charge on any atom is -0.477 e. The van der Waals surface area contributed by atoms with Gasteiger partial charge in [0.15, 0.2) is 11.9 Å². The van der Waals surface area contributed by atoms with Gasteiger partial charge in [0.2, 0.25) is 0 Å². The van der Waals surface area contributed by atoms with Gasteiger partial charge in [0.25, 0.3) is 0 Å².